The standard InChI is InChI=1S/2C5H13N/c2*1-5(2,3)4-6/h2*4,6H2,1-3H3. The summed E-state index contributed by atoms with van der Waals surface area (Å²) in [7, 11) is 0. The normalized spacial score (nSPS) is 12.0. The minimum atomic E-state index is 0.319. The first-order chi connectivity index (χ1) is 5.12. The van der Waals surface area contributed by atoms with Crippen LogP contribution < -0.4 is 11.5 Å². The minimum absolute atomic E-state index is 0.319. The van der Waals surface area contributed by atoms with Gasteiger partial charge in [-0.25, -0.2) is 0 Å². The molecule has 4 N–H and O–H groups in total. The van der Waals surface area contributed by atoms with E-state index in [9.17, 15) is 0 Å². The summed E-state index contributed by atoms with van der Waals surface area (Å²) in [4.78, 5) is 0. The van der Waals surface area contributed by atoms with Crippen LogP contribution in [0.2, 0.25) is 0 Å². The van der Waals surface area contributed by atoms with Gasteiger partial charge in [0.05, 0.1) is 0 Å². The van der Waals surface area contributed by atoms with Crippen LogP contribution in [0, 0.1) is 10.8 Å². The van der Waals surface area contributed by atoms with E-state index in [1.54, 1.807) is 0 Å². The second-order valence-corrected chi connectivity index (χ2v) is 5.53. The first kappa shape index (κ1) is 14.4. The van der Waals surface area contributed by atoms with Crippen LogP contribution in [0.3, 0.4) is 0 Å². The fourth-order valence-corrected chi connectivity index (χ4v) is 0. The molecule has 0 bridgehead atoms. The van der Waals surface area contributed by atoms with E-state index in [0.717, 1.165) is 13.1 Å². The Hall–Kier alpha value is -0.0800. The lowest BCUT2D eigenvalue weighted by molar-refractivity contribution is 0.428. The van der Waals surface area contributed by atoms with Gasteiger partial charge in [-0.2, -0.15) is 0 Å². The molecule has 0 aliphatic heterocycles. The zero-order valence-corrected chi connectivity index (χ0v) is 9.57. The van der Waals surface area contributed by atoms with E-state index in [4.69, 9.17) is 11.5 Å². The van der Waals surface area contributed by atoms with Gasteiger partial charge in [-0.1, -0.05) is 41.5 Å². The van der Waals surface area contributed by atoms with Crippen molar-refractivity contribution in [2.45, 2.75) is 41.5 Å². The van der Waals surface area contributed by atoms with Gasteiger partial charge in [0.25, 0.3) is 0 Å². The predicted molar refractivity (Wildman–Crippen MR) is 57.0 cm³/mol. The molecule has 12 heavy (non-hydrogen) atoms. The molecular weight excluding hydrogens is 148 g/mol. The molecule has 0 rings (SSSR count). The van der Waals surface area contributed by atoms with Crippen molar-refractivity contribution in [2.75, 3.05) is 13.1 Å². The molecule has 0 spiro atoms. The van der Waals surface area contributed by atoms with Gasteiger partial charge in [-0.15, -0.1) is 0 Å². The molecule has 0 aromatic heterocycles. The van der Waals surface area contributed by atoms with Gasteiger partial charge in [0, 0.05) is 0 Å². The number of rotatable bonds is 0. The zero-order valence-electron chi connectivity index (χ0n) is 9.57. The van der Waals surface area contributed by atoms with E-state index in [1.165, 1.54) is 0 Å². The van der Waals surface area contributed by atoms with Crippen molar-refractivity contribution in [3.63, 3.8) is 0 Å². The Kier molecular flexibility index (Phi) is 6.68. The van der Waals surface area contributed by atoms with Gasteiger partial charge in [0.15, 0.2) is 0 Å². The van der Waals surface area contributed by atoms with Crippen molar-refractivity contribution in [2.24, 2.45) is 22.3 Å². The molecule has 0 atom stereocenters. The van der Waals surface area contributed by atoms with Crippen LogP contribution in [-0.2, 0) is 0 Å². The Morgan fingerprint density at radius 1 is 0.667 bits per heavy atom. The van der Waals surface area contributed by atoms with Crippen molar-refractivity contribution >= 4 is 0 Å². The summed E-state index contributed by atoms with van der Waals surface area (Å²) < 4.78 is 0. The molecule has 0 saturated heterocycles. The van der Waals surface area contributed by atoms with Gasteiger partial charge in [-0.3, -0.25) is 0 Å². The molecule has 2 heteroatoms. The molecule has 76 valence electrons. The maximum absolute atomic E-state index is 5.31. The average molecular weight is 174 g/mol. The van der Waals surface area contributed by atoms with Gasteiger partial charge in [0.1, 0.15) is 0 Å². The van der Waals surface area contributed by atoms with Crippen molar-refractivity contribution in [1.82, 2.24) is 0 Å². The molecule has 0 saturated carbocycles. The second-order valence-electron chi connectivity index (χ2n) is 5.53. The van der Waals surface area contributed by atoms with E-state index in [-0.39, 0.29) is 0 Å². The molecule has 0 heterocycles. The monoisotopic (exact) mass is 174 g/mol. The maximum atomic E-state index is 5.31. The predicted octanol–water partition coefficient (Wildman–Crippen LogP) is 1.98. The van der Waals surface area contributed by atoms with Gasteiger partial charge >= 0.3 is 0 Å². The van der Waals surface area contributed by atoms with E-state index in [0.29, 0.717) is 10.8 Å². The highest BCUT2D eigenvalue weighted by Crippen LogP contribution is 2.08. The summed E-state index contributed by atoms with van der Waals surface area (Å²) in [6.07, 6.45) is 0. The van der Waals surface area contributed by atoms with Crippen molar-refractivity contribution < 1.29 is 0 Å². The summed E-state index contributed by atoms with van der Waals surface area (Å²) in [5, 5.41) is 0. The third-order valence-corrected chi connectivity index (χ3v) is 1.22. The van der Waals surface area contributed by atoms with E-state index < -0.39 is 0 Å². The number of hydrogen-bond acceptors (Lipinski definition) is 2. The smallest absolute Gasteiger partial charge is 0.00285 e. The van der Waals surface area contributed by atoms with Gasteiger partial charge in [0.2, 0.25) is 0 Å². The maximum Gasteiger partial charge on any atom is -0.00285 e. The molecular formula is C10H26N2. The van der Waals surface area contributed by atoms with Crippen molar-refractivity contribution in [3.8, 4) is 0 Å². The molecule has 0 fully saturated rings. The molecule has 0 unspecified atom stereocenters. The molecule has 0 aliphatic carbocycles. The summed E-state index contributed by atoms with van der Waals surface area (Å²) in [5.41, 5.74) is 11.2. The summed E-state index contributed by atoms with van der Waals surface area (Å²) in [5.74, 6) is 0. The van der Waals surface area contributed by atoms with E-state index in [1.807, 2.05) is 0 Å². The van der Waals surface area contributed by atoms with Crippen LogP contribution in [0.4, 0.5) is 0 Å². The average Bonchev–Trinajstić information content (AvgIpc) is 1.86. The third kappa shape index (κ3) is 22.5. The first-order valence-electron chi connectivity index (χ1n) is 4.52. The summed E-state index contributed by atoms with van der Waals surface area (Å²) in [6, 6.07) is 0. The second kappa shape index (κ2) is 5.55. The highest BCUT2D eigenvalue weighted by atomic mass is 14.6. The van der Waals surface area contributed by atoms with Gasteiger partial charge < -0.3 is 11.5 Å². The lowest BCUT2D eigenvalue weighted by atomic mass is 9.98. The molecule has 0 radical (unpaired) electrons. The Morgan fingerprint density at radius 3 is 0.750 bits per heavy atom. The first-order valence-corrected chi connectivity index (χ1v) is 4.52. The van der Waals surface area contributed by atoms with Crippen LogP contribution >= 0.6 is 0 Å². The Labute approximate surface area is 77.7 Å². The molecule has 0 aromatic rings. The van der Waals surface area contributed by atoms with Crippen LogP contribution in [-0.4, -0.2) is 13.1 Å². The SMILES string of the molecule is CC(C)(C)CN.CC(C)(C)CN. The lowest BCUT2D eigenvalue weighted by Gasteiger charge is -2.12. The van der Waals surface area contributed by atoms with Crippen LogP contribution in [0.1, 0.15) is 41.5 Å². The molecule has 0 amide bonds. The lowest BCUT2D eigenvalue weighted by Crippen LogP contribution is -2.18. The van der Waals surface area contributed by atoms with Crippen LogP contribution in [0.25, 0.3) is 0 Å². The van der Waals surface area contributed by atoms with Gasteiger partial charge in [-0.05, 0) is 23.9 Å². The van der Waals surface area contributed by atoms with Crippen molar-refractivity contribution in [1.29, 1.82) is 0 Å². The third-order valence-electron chi connectivity index (χ3n) is 1.22. The molecule has 0 aromatic carbocycles. The zero-order chi connectivity index (χ0) is 10.4. The largest absolute Gasteiger partial charge is 0.330 e. The van der Waals surface area contributed by atoms with Crippen molar-refractivity contribution in [3.05, 3.63) is 0 Å². The topological polar surface area (TPSA) is 52.0 Å². The quantitative estimate of drug-likeness (QED) is 0.590. The van der Waals surface area contributed by atoms with Crippen LogP contribution in [0.15, 0.2) is 0 Å². The summed E-state index contributed by atoms with van der Waals surface area (Å²) in [6.45, 7) is 14.2. The Balaban J connectivity index is 0. The molecule has 0 aliphatic rings. The van der Waals surface area contributed by atoms with Crippen LogP contribution in [0.5, 0.6) is 0 Å². The highest BCUT2D eigenvalue weighted by Gasteiger charge is 2.04. The van der Waals surface area contributed by atoms with E-state index in [2.05, 4.69) is 41.5 Å². The highest BCUT2D eigenvalue weighted by molar-refractivity contribution is 4.59. The number of nitrogens with two attached hydrogens (primary N) is 2. The Morgan fingerprint density at radius 2 is 0.750 bits per heavy atom. The fourth-order valence-electron chi connectivity index (χ4n) is 0. The fraction of sp³-hybridized carbons (Fsp3) is 1.00. The summed E-state index contributed by atoms with van der Waals surface area (Å²) >= 11 is 0. The Bertz CT molecular complexity index is 81.4. The van der Waals surface area contributed by atoms with E-state index >= 15 is 0 Å². The number of hydrogen-bond donors (Lipinski definition) is 2. The minimum Gasteiger partial charge on any atom is -0.330 e. The molecule has 2 nitrogen and oxygen atoms in total.